The number of carbonyl (C=O) groups excluding carboxylic acids is 1. The van der Waals surface area contributed by atoms with E-state index in [1.807, 2.05) is 0 Å². The predicted octanol–water partition coefficient (Wildman–Crippen LogP) is 4.62. The zero-order valence-corrected chi connectivity index (χ0v) is 13.7. The molecule has 2 heterocycles. The van der Waals surface area contributed by atoms with Crippen molar-refractivity contribution in [3.63, 3.8) is 0 Å². The van der Waals surface area contributed by atoms with Gasteiger partial charge in [-0.2, -0.15) is 13.8 Å². The normalized spacial score (nSPS) is 11.3. The number of hydrogen-bond donors (Lipinski definition) is 1. The van der Waals surface area contributed by atoms with Gasteiger partial charge in [-0.15, -0.1) is 0 Å². The molecule has 0 spiro atoms. The smallest absolute Gasteiger partial charge is 0.387 e. The molecule has 8 heteroatoms. The van der Waals surface area contributed by atoms with Gasteiger partial charge in [0.05, 0.1) is 17.4 Å². The molecule has 0 saturated heterocycles. The van der Waals surface area contributed by atoms with Crippen LogP contribution in [0.25, 0.3) is 21.9 Å². The first-order valence-corrected chi connectivity index (χ1v) is 7.88. The molecule has 1 amide bonds. The maximum atomic E-state index is 12.9. The van der Waals surface area contributed by atoms with Crippen LogP contribution in [0.1, 0.15) is 10.4 Å². The summed E-state index contributed by atoms with van der Waals surface area (Å²) in [5.41, 5.74) is 0.638. The number of nitrogens with zero attached hydrogens (tertiary/aromatic N) is 2. The van der Waals surface area contributed by atoms with E-state index in [1.165, 1.54) is 30.6 Å². The number of alkyl halides is 2. The first-order valence-electron chi connectivity index (χ1n) is 7.88. The van der Waals surface area contributed by atoms with Crippen molar-refractivity contribution in [2.75, 3.05) is 5.06 Å². The largest absolute Gasteiger partial charge is 0.452 e. The highest BCUT2D eigenvalue weighted by atomic mass is 19.3. The van der Waals surface area contributed by atoms with Gasteiger partial charge < -0.3 is 9.15 Å². The molecular formula is C19H12F2N2O4. The van der Waals surface area contributed by atoms with Gasteiger partial charge in [0.2, 0.25) is 0 Å². The van der Waals surface area contributed by atoms with E-state index >= 15 is 0 Å². The molecule has 6 nitrogen and oxygen atoms in total. The second-order valence-corrected chi connectivity index (χ2v) is 5.62. The van der Waals surface area contributed by atoms with Gasteiger partial charge in [-0.25, -0.2) is 0 Å². The van der Waals surface area contributed by atoms with Crippen LogP contribution in [0.3, 0.4) is 0 Å². The van der Waals surface area contributed by atoms with Crippen molar-refractivity contribution in [1.29, 1.82) is 0 Å². The average Bonchev–Trinajstić information content (AvgIpc) is 3.08. The third kappa shape index (κ3) is 2.96. The molecule has 0 fully saturated rings. The van der Waals surface area contributed by atoms with Crippen molar-refractivity contribution >= 4 is 33.5 Å². The number of pyridine rings is 1. The first kappa shape index (κ1) is 16.9. The summed E-state index contributed by atoms with van der Waals surface area (Å²) in [4.78, 5) is 16.7. The van der Waals surface area contributed by atoms with Crippen molar-refractivity contribution in [1.82, 2.24) is 4.98 Å². The van der Waals surface area contributed by atoms with E-state index in [-0.39, 0.29) is 28.0 Å². The second-order valence-electron chi connectivity index (χ2n) is 5.62. The van der Waals surface area contributed by atoms with E-state index in [2.05, 4.69) is 9.72 Å². The predicted molar refractivity (Wildman–Crippen MR) is 93.2 cm³/mol. The van der Waals surface area contributed by atoms with Crippen molar-refractivity contribution < 1.29 is 27.9 Å². The third-order valence-electron chi connectivity index (χ3n) is 4.02. The minimum absolute atomic E-state index is 0.00179. The number of benzene rings is 2. The highest BCUT2D eigenvalue weighted by Gasteiger charge is 2.24. The first-order chi connectivity index (χ1) is 13.1. The van der Waals surface area contributed by atoms with Crippen molar-refractivity contribution in [3.8, 4) is 5.75 Å². The number of hydroxylamine groups is 1. The Labute approximate surface area is 151 Å². The maximum Gasteiger partial charge on any atom is 0.387 e. The van der Waals surface area contributed by atoms with Gasteiger partial charge in [0.25, 0.3) is 5.91 Å². The van der Waals surface area contributed by atoms with Crippen LogP contribution in [-0.2, 0) is 0 Å². The Hall–Kier alpha value is -3.52. The Morgan fingerprint density at radius 2 is 1.96 bits per heavy atom. The summed E-state index contributed by atoms with van der Waals surface area (Å²) >= 11 is 0. The van der Waals surface area contributed by atoms with E-state index in [9.17, 15) is 18.8 Å². The second kappa shape index (κ2) is 6.65. The SMILES string of the molecule is O=C(c1ccc(OC(F)F)c2oc3ccccc3c12)N(O)c1cccnc1. The molecule has 2 aromatic carbocycles. The van der Waals surface area contributed by atoms with Crippen molar-refractivity contribution in [3.05, 3.63) is 66.5 Å². The number of amides is 1. The van der Waals surface area contributed by atoms with Gasteiger partial charge in [-0.05, 0) is 30.3 Å². The lowest BCUT2D eigenvalue weighted by molar-refractivity contribution is -0.0493. The Balaban J connectivity index is 1.92. The van der Waals surface area contributed by atoms with Gasteiger partial charge in [0.15, 0.2) is 11.3 Å². The molecule has 2 aromatic heterocycles. The Morgan fingerprint density at radius 1 is 1.15 bits per heavy atom. The highest BCUT2D eigenvalue weighted by molar-refractivity contribution is 6.20. The molecule has 4 rings (SSSR count). The molecule has 1 N–H and O–H groups in total. The Bertz CT molecular complexity index is 1130. The number of para-hydroxylation sites is 1. The fourth-order valence-corrected chi connectivity index (χ4v) is 2.88. The van der Waals surface area contributed by atoms with Crippen LogP contribution >= 0.6 is 0 Å². The number of hydrogen-bond acceptors (Lipinski definition) is 5. The van der Waals surface area contributed by atoms with Gasteiger partial charge in [-0.3, -0.25) is 15.0 Å². The summed E-state index contributed by atoms with van der Waals surface area (Å²) in [6.07, 6.45) is 2.82. The standard InChI is InChI=1S/C19H12F2N2O4/c20-19(21)27-15-8-7-13(18(24)23(25)11-4-3-9-22-10-11)16-12-5-1-2-6-14(12)26-17(15)16/h1-10,19,25H. The molecule has 4 aromatic rings. The number of ether oxygens (including phenoxy) is 1. The number of furan rings is 1. The van der Waals surface area contributed by atoms with Crippen LogP contribution in [0.15, 0.2) is 65.3 Å². The monoisotopic (exact) mass is 370 g/mol. The van der Waals surface area contributed by atoms with Crippen LogP contribution in [0.2, 0.25) is 0 Å². The van der Waals surface area contributed by atoms with E-state index in [0.717, 1.165) is 0 Å². The molecule has 0 aliphatic carbocycles. The van der Waals surface area contributed by atoms with Crippen LogP contribution in [0.4, 0.5) is 14.5 Å². The molecule has 136 valence electrons. The maximum absolute atomic E-state index is 12.9. The fraction of sp³-hybridized carbons (Fsp3) is 0.0526. The number of fused-ring (bicyclic) bond motifs is 3. The molecule has 0 aliphatic heterocycles. The molecular weight excluding hydrogens is 358 g/mol. The third-order valence-corrected chi connectivity index (χ3v) is 4.02. The van der Waals surface area contributed by atoms with Crippen LogP contribution < -0.4 is 9.80 Å². The number of halogens is 2. The van der Waals surface area contributed by atoms with Gasteiger partial charge in [0, 0.05) is 17.0 Å². The lowest BCUT2D eigenvalue weighted by Gasteiger charge is -2.15. The van der Waals surface area contributed by atoms with E-state index in [1.54, 1.807) is 30.3 Å². The Morgan fingerprint density at radius 3 is 2.70 bits per heavy atom. The topological polar surface area (TPSA) is 75.8 Å². The van der Waals surface area contributed by atoms with Crippen molar-refractivity contribution in [2.45, 2.75) is 6.61 Å². The quantitative estimate of drug-likeness (QED) is 0.419. The molecule has 0 saturated carbocycles. The number of anilines is 1. The molecule has 0 aliphatic rings. The van der Waals surface area contributed by atoms with Crippen LogP contribution in [-0.4, -0.2) is 22.7 Å². The van der Waals surface area contributed by atoms with E-state index < -0.39 is 12.5 Å². The summed E-state index contributed by atoms with van der Waals surface area (Å²) < 4.78 is 35.6. The Kier molecular flexibility index (Phi) is 4.17. The summed E-state index contributed by atoms with van der Waals surface area (Å²) in [5, 5.41) is 11.5. The van der Waals surface area contributed by atoms with Gasteiger partial charge in [0.1, 0.15) is 5.58 Å². The number of aromatic nitrogens is 1. The van der Waals surface area contributed by atoms with Gasteiger partial charge in [-0.1, -0.05) is 18.2 Å². The summed E-state index contributed by atoms with van der Waals surface area (Å²) in [6.45, 7) is -3.05. The number of carbonyl (C=O) groups is 1. The molecule has 0 bridgehead atoms. The molecule has 27 heavy (non-hydrogen) atoms. The minimum atomic E-state index is -3.05. The molecule has 0 atom stereocenters. The van der Waals surface area contributed by atoms with Crippen molar-refractivity contribution in [2.24, 2.45) is 0 Å². The summed E-state index contributed by atoms with van der Waals surface area (Å²) in [5.74, 6) is -0.957. The van der Waals surface area contributed by atoms with E-state index in [4.69, 9.17) is 4.42 Å². The van der Waals surface area contributed by atoms with Crippen LogP contribution in [0.5, 0.6) is 5.75 Å². The lowest BCUT2D eigenvalue weighted by atomic mass is 10.0. The molecule has 0 unspecified atom stereocenters. The average molecular weight is 370 g/mol. The summed E-state index contributed by atoms with van der Waals surface area (Å²) in [6, 6.07) is 12.4. The lowest BCUT2D eigenvalue weighted by Crippen LogP contribution is -2.27. The zero-order valence-electron chi connectivity index (χ0n) is 13.7. The zero-order chi connectivity index (χ0) is 19.0. The summed E-state index contributed by atoms with van der Waals surface area (Å²) in [7, 11) is 0. The van der Waals surface area contributed by atoms with E-state index in [0.29, 0.717) is 16.0 Å². The molecule has 0 radical (unpaired) electrons. The fourth-order valence-electron chi connectivity index (χ4n) is 2.88. The van der Waals surface area contributed by atoms with Crippen LogP contribution in [0, 0.1) is 0 Å². The minimum Gasteiger partial charge on any atom is -0.452 e. The highest BCUT2D eigenvalue weighted by Crippen LogP contribution is 2.38. The number of rotatable bonds is 4. The van der Waals surface area contributed by atoms with Gasteiger partial charge >= 0.3 is 6.61 Å².